The van der Waals surface area contributed by atoms with Crippen LogP contribution in [0, 0.1) is 0 Å². The lowest BCUT2D eigenvalue weighted by atomic mass is 10.2. The predicted octanol–water partition coefficient (Wildman–Crippen LogP) is 1.25. The topological polar surface area (TPSA) is 74.8 Å². The van der Waals surface area contributed by atoms with E-state index in [9.17, 15) is 4.79 Å². The Bertz CT molecular complexity index is 308. The van der Waals surface area contributed by atoms with E-state index in [-0.39, 0.29) is 0 Å². The number of rotatable bonds is 6. The predicted molar refractivity (Wildman–Crippen MR) is 78.4 cm³/mol. The van der Waals surface area contributed by atoms with Crippen molar-refractivity contribution < 1.29 is 9.53 Å². The van der Waals surface area contributed by atoms with E-state index in [4.69, 9.17) is 4.74 Å². The van der Waals surface area contributed by atoms with E-state index >= 15 is 0 Å². The molecule has 3 N–H and O–H groups in total. The standard InChI is InChI=1S/C13H26N4O2/c1-6-8-15-11(14-7-2)16-9-10-17-12(18)19-13(3,4)5/h6H,1,7-10H2,2-5H3,(H,17,18)(H2,14,15,16). The Morgan fingerprint density at radius 1 is 1.32 bits per heavy atom. The van der Waals surface area contributed by atoms with Crippen LogP contribution in [-0.2, 0) is 4.74 Å². The lowest BCUT2D eigenvalue weighted by Gasteiger charge is -2.19. The minimum atomic E-state index is -0.478. The van der Waals surface area contributed by atoms with Crippen LogP contribution in [0.25, 0.3) is 0 Å². The monoisotopic (exact) mass is 270 g/mol. The van der Waals surface area contributed by atoms with Crippen molar-refractivity contribution in [3.05, 3.63) is 12.7 Å². The molecule has 0 aliphatic rings. The van der Waals surface area contributed by atoms with Gasteiger partial charge in [0.1, 0.15) is 5.60 Å². The molecule has 0 atom stereocenters. The van der Waals surface area contributed by atoms with Gasteiger partial charge in [-0.2, -0.15) is 0 Å². The first-order valence-electron chi connectivity index (χ1n) is 6.49. The molecule has 0 spiro atoms. The number of guanidine groups is 1. The number of hydrogen-bond donors (Lipinski definition) is 3. The van der Waals surface area contributed by atoms with Crippen LogP contribution in [-0.4, -0.2) is 43.8 Å². The summed E-state index contributed by atoms with van der Waals surface area (Å²) < 4.78 is 5.11. The summed E-state index contributed by atoms with van der Waals surface area (Å²) in [5.74, 6) is 0.702. The van der Waals surface area contributed by atoms with Crippen molar-refractivity contribution in [2.45, 2.75) is 33.3 Å². The maximum Gasteiger partial charge on any atom is 0.407 e. The molecule has 0 aromatic heterocycles. The Balaban J connectivity index is 3.96. The third-order valence-electron chi connectivity index (χ3n) is 1.81. The Labute approximate surface area is 115 Å². The fourth-order valence-corrected chi connectivity index (χ4v) is 1.15. The van der Waals surface area contributed by atoms with E-state index in [0.29, 0.717) is 25.6 Å². The SMILES string of the molecule is C=CCNC(=NCCNC(=O)OC(C)(C)C)NCC. The summed E-state index contributed by atoms with van der Waals surface area (Å²) in [6.45, 7) is 13.4. The van der Waals surface area contributed by atoms with Crippen LogP contribution in [0.5, 0.6) is 0 Å². The smallest absolute Gasteiger partial charge is 0.407 e. The zero-order valence-corrected chi connectivity index (χ0v) is 12.4. The van der Waals surface area contributed by atoms with E-state index in [1.165, 1.54) is 0 Å². The third kappa shape index (κ3) is 11.1. The maximum absolute atomic E-state index is 11.4. The summed E-state index contributed by atoms with van der Waals surface area (Å²) in [6, 6.07) is 0. The molecule has 6 nitrogen and oxygen atoms in total. The van der Waals surface area contributed by atoms with Gasteiger partial charge in [-0.15, -0.1) is 6.58 Å². The van der Waals surface area contributed by atoms with Crippen LogP contribution in [0.1, 0.15) is 27.7 Å². The summed E-state index contributed by atoms with van der Waals surface area (Å²) in [6.07, 6.45) is 1.33. The second-order valence-electron chi connectivity index (χ2n) is 4.86. The second kappa shape index (κ2) is 9.24. The fourth-order valence-electron chi connectivity index (χ4n) is 1.15. The first kappa shape index (κ1) is 17.3. The Morgan fingerprint density at radius 3 is 2.53 bits per heavy atom. The van der Waals surface area contributed by atoms with E-state index < -0.39 is 11.7 Å². The number of carbonyl (C=O) groups is 1. The molecule has 1 amide bonds. The Morgan fingerprint density at radius 2 is 2.00 bits per heavy atom. The van der Waals surface area contributed by atoms with E-state index in [2.05, 4.69) is 27.5 Å². The van der Waals surface area contributed by atoms with Gasteiger partial charge < -0.3 is 20.7 Å². The van der Waals surface area contributed by atoms with Crippen LogP contribution < -0.4 is 16.0 Å². The second-order valence-corrected chi connectivity index (χ2v) is 4.86. The molecule has 6 heteroatoms. The van der Waals surface area contributed by atoms with Crippen molar-refractivity contribution in [2.24, 2.45) is 4.99 Å². The first-order valence-corrected chi connectivity index (χ1v) is 6.49. The molecule has 0 rings (SSSR count). The highest BCUT2D eigenvalue weighted by Crippen LogP contribution is 2.05. The molecule has 0 saturated carbocycles. The van der Waals surface area contributed by atoms with Crippen molar-refractivity contribution in [1.29, 1.82) is 0 Å². The van der Waals surface area contributed by atoms with Gasteiger partial charge in [-0.05, 0) is 27.7 Å². The molecule has 19 heavy (non-hydrogen) atoms. The molecular weight excluding hydrogens is 244 g/mol. The molecule has 0 heterocycles. The van der Waals surface area contributed by atoms with E-state index in [1.807, 2.05) is 27.7 Å². The number of alkyl carbamates (subject to hydrolysis) is 1. The van der Waals surface area contributed by atoms with Crippen molar-refractivity contribution >= 4 is 12.1 Å². The normalized spacial score (nSPS) is 11.7. The minimum absolute atomic E-state index is 0.424. The zero-order valence-electron chi connectivity index (χ0n) is 12.4. The number of nitrogens with one attached hydrogen (secondary N) is 3. The molecule has 110 valence electrons. The first-order chi connectivity index (χ1) is 8.89. The number of nitrogens with zero attached hydrogens (tertiary/aromatic N) is 1. The quantitative estimate of drug-likeness (QED) is 0.294. The van der Waals surface area contributed by atoms with Gasteiger partial charge in [-0.1, -0.05) is 6.08 Å². The number of ether oxygens (including phenoxy) is 1. The Kier molecular flexibility index (Phi) is 8.41. The van der Waals surface area contributed by atoms with Gasteiger partial charge in [0.25, 0.3) is 0 Å². The molecule has 0 aliphatic heterocycles. The zero-order chi connectivity index (χ0) is 14.7. The van der Waals surface area contributed by atoms with Crippen LogP contribution in [0.3, 0.4) is 0 Å². The van der Waals surface area contributed by atoms with Gasteiger partial charge >= 0.3 is 6.09 Å². The highest BCUT2D eigenvalue weighted by Gasteiger charge is 2.15. The largest absolute Gasteiger partial charge is 0.444 e. The summed E-state index contributed by atoms with van der Waals surface area (Å²) in [4.78, 5) is 15.7. The van der Waals surface area contributed by atoms with Gasteiger partial charge in [0.2, 0.25) is 0 Å². The highest BCUT2D eigenvalue weighted by molar-refractivity contribution is 5.79. The van der Waals surface area contributed by atoms with Gasteiger partial charge in [0.15, 0.2) is 5.96 Å². The van der Waals surface area contributed by atoms with Crippen molar-refractivity contribution in [2.75, 3.05) is 26.2 Å². The average Bonchev–Trinajstić information content (AvgIpc) is 2.29. The molecule has 0 radical (unpaired) electrons. The lowest BCUT2D eigenvalue weighted by molar-refractivity contribution is 0.0529. The average molecular weight is 270 g/mol. The highest BCUT2D eigenvalue weighted by atomic mass is 16.6. The van der Waals surface area contributed by atoms with Crippen LogP contribution in [0.4, 0.5) is 4.79 Å². The molecule has 0 fully saturated rings. The summed E-state index contributed by atoms with van der Waals surface area (Å²) in [5, 5.41) is 8.81. The van der Waals surface area contributed by atoms with Crippen molar-refractivity contribution in [1.82, 2.24) is 16.0 Å². The number of amides is 1. The van der Waals surface area contributed by atoms with E-state index in [0.717, 1.165) is 6.54 Å². The third-order valence-corrected chi connectivity index (χ3v) is 1.81. The van der Waals surface area contributed by atoms with Crippen LogP contribution >= 0.6 is 0 Å². The van der Waals surface area contributed by atoms with Crippen LogP contribution in [0.2, 0.25) is 0 Å². The molecule has 0 unspecified atom stereocenters. The number of hydrogen-bond acceptors (Lipinski definition) is 3. The van der Waals surface area contributed by atoms with Crippen LogP contribution in [0.15, 0.2) is 17.6 Å². The summed E-state index contributed by atoms with van der Waals surface area (Å²) in [7, 11) is 0. The Hall–Kier alpha value is -1.72. The minimum Gasteiger partial charge on any atom is -0.444 e. The fraction of sp³-hybridized carbons (Fsp3) is 0.692. The number of carbonyl (C=O) groups excluding carboxylic acids is 1. The molecule has 0 saturated heterocycles. The lowest BCUT2D eigenvalue weighted by Crippen LogP contribution is -2.38. The molecular formula is C13H26N4O2. The molecule has 0 aliphatic carbocycles. The number of aliphatic imine (C=N–C) groups is 1. The summed E-state index contributed by atoms with van der Waals surface area (Å²) in [5.41, 5.74) is -0.478. The summed E-state index contributed by atoms with van der Waals surface area (Å²) >= 11 is 0. The molecule has 0 aromatic carbocycles. The molecule has 0 bridgehead atoms. The molecule has 0 aromatic rings. The van der Waals surface area contributed by atoms with Crippen molar-refractivity contribution in [3.63, 3.8) is 0 Å². The maximum atomic E-state index is 11.4. The van der Waals surface area contributed by atoms with E-state index in [1.54, 1.807) is 6.08 Å². The van der Waals surface area contributed by atoms with Gasteiger partial charge in [0.05, 0.1) is 6.54 Å². The van der Waals surface area contributed by atoms with Gasteiger partial charge in [0, 0.05) is 19.6 Å². The van der Waals surface area contributed by atoms with Crippen molar-refractivity contribution in [3.8, 4) is 0 Å². The van der Waals surface area contributed by atoms with Gasteiger partial charge in [-0.3, -0.25) is 4.99 Å². The van der Waals surface area contributed by atoms with Gasteiger partial charge in [-0.25, -0.2) is 4.79 Å².